The Bertz CT molecular complexity index is 1650. The van der Waals surface area contributed by atoms with Gasteiger partial charge in [0.05, 0.1) is 12.8 Å². The van der Waals surface area contributed by atoms with Gasteiger partial charge in [-0.15, -0.1) is 0 Å². The first-order chi connectivity index (χ1) is 19.7. The Morgan fingerprint density at radius 2 is 1.68 bits per heavy atom. The molecule has 3 N–H and O–H groups in total. The molecule has 0 aliphatic carbocycles. The molecule has 1 aromatic heterocycles. The lowest BCUT2D eigenvalue weighted by molar-refractivity contribution is -0.142. The van der Waals surface area contributed by atoms with E-state index >= 15 is 0 Å². The van der Waals surface area contributed by atoms with E-state index < -0.39 is 29.2 Å². The number of benzene rings is 3. The van der Waals surface area contributed by atoms with Crippen molar-refractivity contribution in [2.45, 2.75) is 26.8 Å². The number of rotatable bonds is 8. The van der Waals surface area contributed by atoms with Crippen LogP contribution in [0.2, 0.25) is 0 Å². The lowest BCUT2D eigenvalue weighted by atomic mass is 10.0. The topological polar surface area (TPSA) is 129 Å². The zero-order chi connectivity index (χ0) is 29.7. The Hall–Kier alpha value is -4.43. The zero-order valence-corrected chi connectivity index (χ0v) is 23.8. The Balaban J connectivity index is 1.53. The first-order valence-electron chi connectivity index (χ1n) is 12.8. The van der Waals surface area contributed by atoms with Crippen LogP contribution in [0.15, 0.2) is 71.1 Å². The van der Waals surface area contributed by atoms with Crippen molar-refractivity contribution in [1.29, 1.82) is 0 Å². The van der Waals surface area contributed by atoms with Crippen molar-refractivity contribution in [2.75, 3.05) is 23.3 Å². The first-order valence-corrected chi connectivity index (χ1v) is 13.8. The molecule has 0 aliphatic heterocycles. The molecule has 2 unspecified atom stereocenters. The van der Waals surface area contributed by atoms with Crippen molar-refractivity contribution in [3.63, 3.8) is 0 Å². The average Bonchev–Trinajstić information content (AvgIpc) is 3.31. The average molecular weight is 575 g/mol. The number of aliphatic hydroxyl groups is 1. The van der Waals surface area contributed by atoms with Gasteiger partial charge >= 0.3 is 5.97 Å². The van der Waals surface area contributed by atoms with Gasteiger partial charge in [0.1, 0.15) is 18.2 Å². The van der Waals surface area contributed by atoms with E-state index in [0.717, 1.165) is 20.8 Å². The van der Waals surface area contributed by atoms with E-state index in [-0.39, 0.29) is 18.3 Å². The van der Waals surface area contributed by atoms with E-state index in [2.05, 4.69) is 17.2 Å². The number of methoxy groups -OCH3 is 1. The highest BCUT2D eigenvalue weighted by Gasteiger charge is 2.33. The molecule has 0 saturated carbocycles. The highest BCUT2D eigenvalue weighted by molar-refractivity contribution is 7.80. The van der Waals surface area contributed by atoms with Crippen molar-refractivity contribution in [2.24, 2.45) is 5.92 Å². The number of ether oxygens (including phenoxy) is 1. The van der Waals surface area contributed by atoms with Crippen molar-refractivity contribution in [3.8, 4) is 23.0 Å². The maximum Gasteiger partial charge on any atom is 0.329 e. The zero-order valence-electron chi connectivity index (χ0n) is 23.0. The van der Waals surface area contributed by atoms with Crippen LogP contribution in [0.4, 0.5) is 11.4 Å². The largest absolute Gasteiger partial charge is 0.467 e. The van der Waals surface area contributed by atoms with Crippen LogP contribution in [0.3, 0.4) is 0 Å². The van der Waals surface area contributed by atoms with Crippen LogP contribution in [0.1, 0.15) is 35.5 Å². The summed E-state index contributed by atoms with van der Waals surface area (Å²) in [6.07, 6.45) is 0. The molecule has 1 heterocycles. The summed E-state index contributed by atoms with van der Waals surface area (Å²) < 4.78 is 33.9. The summed E-state index contributed by atoms with van der Waals surface area (Å²) in [6, 6.07) is 18.5. The lowest BCUT2D eigenvalue weighted by Crippen LogP contribution is -2.46. The summed E-state index contributed by atoms with van der Waals surface area (Å²) in [4.78, 5) is 25.4. The number of nitrogens with zero attached hydrogens (tertiary/aromatic N) is 1. The van der Waals surface area contributed by atoms with Gasteiger partial charge in [0.2, 0.25) is 0 Å². The van der Waals surface area contributed by atoms with Gasteiger partial charge < -0.3 is 19.6 Å². The van der Waals surface area contributed by atoms with E-state index in [0.29, 0.717) is 28.1 Å². The molecule has 0 spiro atoms. The molecule has 0 radical (unpaired) electrons. The molecule has 0 fully saturated rings. The fourth-order valence-electron chi connectivity index (χ4n) is 4.60. The number of hydrogen-bond donors (Lipinski definition) is 3. The molecule has 9 nitrogen and oxygen atoms in total. The maximum atomic E-state index is 13.0. The number of fused-ring (bicyclic) bond motifs is 1. The van der Waals surface area contributed by atoms with Crippen LogP contribution in [0, 0.1) is 24.7 Å². The van der Waals surface area contributed by atoms with E-state index in [9.17, 15) is 18.4 Å². The SMILES string of the molecule is COC(=O)C(C(C)C)N(c1ccc(-c2ccc(NC(=O)c3oc4cccc(C#CCO)c4c3C)cc2)cc1)S(=O)O. The lowest BCUT2D eigenvalue weighted by Gasteiger charge is -2.30. The number of aryl methyl sites for hydroxylation is 1. The summed E-state index contributed by atoms with van der Waals surface area (Å²) in [7, 11) is 1.25. The van der Waals surface area contributed by atoms with E-state index in [1.54, 1.807) is 69.3 Å². The van der Waals surface area contributed by atoms with Crippen molar-refractivity contribution < 1.29 is 32.6 Å². The Kier molecular flexibility index (Phi) is 9.24. The van der Waals surface area contributed by atoms with Crippen molar-refractivity contribution >= 4 is 45.5 Å². The van der Waals surface area contributed by atoms with Gasteiger partial charge in [-0.05, 0) is 60.4 Å². The number of aliphatic hydroxyl groups excluding tert-OH is 1. The summed E-state index contributed by atoms with van der Waals surface area (Å²) >= 11 is -2.45. The van der Waals surface area contributed by atoms with E-state index in [1.807, 2.05) is 18.2 Å². The highest BCUT2D eigenvalue weighted by Crippen LogP contribution is 2.30. The summed E-state index contributed by atoms with van der Waals surface area (Å²) in [6.45, 7) is 5.07. The second-order valence-corrected chi connectivity index (χ2v) is 10.4. The number of esters is 1. The van der Waals surface area contributed by atoms with Gasteiger partial charge in [-0.3, -0.25) is 13.7 Å². The number of furan rings is 1. The Morgan fingerprint density at radius 3 is 2.24 bits per heavy atom. The summed E-state index contributed by atoms with van der Waals surface area (Å²) in [5.41, 5.74) is 4.51. The molecule has 0 aliphatic rings. The maximum absolute atomic E-state index is 13.0. The third kappa shape index (κ3) is 6.33. The smallest absolute Gasteiger partial charge is 0.329 e. The number of hydrogen-bond acceptors (Lipinski definition) is 6. The van der Waals surface area contributed by atoms with Crippen LogP contribution in [0.25, 0.3) is 22.1 Å². The molecule has 0 bridgehead atoms. The molecular weight excluding hydrogens is 544 g/mol. The second-order valence-electron chi connectivity index (χ2n) is 9.54. The predicted octanol–water partition coefficient (Wildman–Crippen LogP) is 5.15. The fourth-order valence-corrected chi connectivity index (χ4v) is 5.43. The molecule has 212 valence electrons. The minimum atomic E-state index is -2.45. The fraction of sp³-hybridized carbons (Fsp3) is 0.226. The van der Waals surface area contributed by atoms with E-state index in [1.165, 1.54) is 7.11 Å². The second kappa shape index (κ2) is 12.8. The molecule has 3 aromatic carbocycles. The predicted molar refractivity (Wildman–Crippen MR) is 159 cm³/mol. The quantitative estimate of drug-likeness (QED) is 0.151. The third-order valence-corrected chi connectivity index (χ3v) is 7.33. The molecular formula is C31H30N2O7S. The van der Waals surface area contributed by atoms with Crippen molar-refractivity contribution in [1.82, 2.24) is 0 Å². The Morgan fingerprint density at radius 1 is 1.05 bits per heavy atom. The van der Waals surface area contributed by atoms with Crippen LogP contribution in [-0.2, 0) is 20.8 Å². The van der Waals surface area contributed by atoms with Gasteiger partial charge in [0, 0.05) is 22.2 Å². The normalized spacial score (nSPS) is 12.4. The minimum absolute atomic E-state index is 0.176. The molecule has 4 aromatic rings. The number of carbonyl (C=O) groups is 2. The van der Waals surface area contributed by atoms with Crippen LogP contribution in [0.5, 0.6) is 0 Å². The Labute approximate surface area is 240 Å². The van der Waals surface area contributed by atoms with Crippen LogP contribution >= 0.6 is 0 Å². The van der Waals surface area contributed by atoms with Gasteiger partial charge in [-0.25, -0.2) is 9.00 Å². The third-order valence-electron chi connectivity index (χ3n) is 6.56. The van der Waals surface area contributed by atoms with Crippen LogP contribution < -0.4 is 9.62 Å². The molecule has 2 atom stereocenters. The minimum Gasteiger partial charge on any atom is -0.467 e. The number of nitrogens with one attached hydrogen (secondary N) is 1. The van der Waals surface area contributed by atoms with Gasteiger partial charge in [0.25, 0.3) is 17.2 Å². The van der Waals surface area contributed by atoms with Gasteiger partial charge in [0.15, 0.2) is 5.76 Å². The first kappa shape index (κ1) is 29.6. The number of amides is 1. The number of anilines is 2. The highest BCUT2D eigenvalue weighted by atomic mass is 32.2. The summed E-state index contributed by atoms with van der Waals surface area (Å²) in [5.74, 6) is 4.42. The monoisotopic (exact) mass is 574 g/mol. The molecule has 4 rings (SSSR count). The van der Waals surface area contributed by atoms with Gasteiger partial charge in [-0.1, -0.05) is 56.0 Å². The molecule has 0 saturated heterocycles. The van der Waals surface area contributed by atoms with E-state index in [4.69, 9.17) is 14.3 Å². The molecule has 10 heteroatoms. The molecule has 41 heavy (non-hydrogen) atoms. The summed E-state index contributed by atoms with van der Waals surface area (Å²) in [5, 5.41) is 12.6. The van der Waals surface area contributed by atoms with Gasteiger partial charge in [-0.2, -0.15) is 0 Å². The number of carbonyl (C=O) groups excluding carboxylic acids is 2. The van der Waals surface area contributed by atoms with Crippen LogP contribution in [-0.4, -0.2) is 45.5 Å². The van der Waals surface area contributed by atoms with Crippen molar-refractivity contribution in [3.05, 3.63) is 83.6 Å². The molecule has 1 amide bonds. The standard InChI is InChI=1S/C31H30N2O7S/c1-19(2)28(31(36)39-4)33(41(37)38)25-16-12-22(13-17-25)21-10-14-24(15-11-21)32-30(35)29-20(3)27-23(8-6-18-34)7-5-9-26(27)40-29/h5,7,9-17,19,28,34H,18H2,1-4H3,(H,32,35)(H,37,38).